The second kappa shape index (κ2) is 9.45. The Hall–Kier alpha value is -3.33. The molecule has 9 heteroatoms. The Bertz CT molecular complexity index is 987. The first-order valence-corrected chi connectivity index (χ1v) is 10.7. The molecule has 3 aromatic rings. The quantitative estimate of drug-likeness (QED) is 0.656. The Labute approximate surface area is 178 Å². The highest BCUT2D eigenvalue weighted by Gasteiger charge is 2.22. The summed E-state index contributed by atoms with van der Waals surface area (Å²) >= 11 is 1.37. The van der Waals surface area contributed by atoms with Crippen molar-refractivity contribution in [1.29, 1.82) is 0 Å². The van der Waals surface area contributed by atoms with Gasteiger partial charge in [0.15, 0.2) is 5.13 Å². The molecule has 1 saturated heterocycles. The average Bonchev–Trinajstić information content (AvgIpc) is 3.26. The number of aromatic nitrogens is 3. The molecule has 0 spiro atoms. The molecule has 0 saturated carbocycles. The summed E-state index contributed by atoms with van der Waals surface area (Å²) in [6, 6.07) is 10.8. The molecule has 0 atom stereocenters. The maximum Gasteiger partial charge on any atom is 0.257 e. The zero-order valence-electron chi connectivity index (χ0n) is 16.4. The predicted molar refractivity (Wildman–Crippen MR) is 116 cm³/mol. The van der Waals surface area contributed by atoms with Gasteiger partial charge in [-0.3, -0.25) is 14.9 Å². The number of hydrogen-bond donors (Lipinski definition) is 1. The van der Waals surface area contributed by atoms with E-state index >= 15 is 0 Å². The number of aryl methyl sites for hydroxylation is 1. The van der Waals surface area contributed by atoms with Gasteiger partial charge in [-0.25, -0.2) is 15.0 Å². The molecular formula is C21H22N6O2S. The van der Waals surface area contributed by atoms with Crippen molar-refractivity contribution in [2.45, 2.75) is 12.8 Å². The van der Waals surface area contributed by atoms with E-state index in [0.29, 0.717) is 42.6 Å². The number of carbonyl (C=O) groups is 2. The number of carbonyl (C=O) groups excluding carboxylic acids is 2. The van der Waals surface area contributed by atoms with Gasteiger partial charge in [-0.1, -0.05) is 18.2 Å². The zero-order chi connectivity index (χ0) is 20.8. The standard InChI is InChI=1S/C21H22N6O2S/c28-18(26-11-13-27(14-12-26)20-22-9-4-10-23-20)8-7-17-15-30-21(24-17)25-19(29)16-5-2-1-3-6-16/h1-6,9-10,15H,7-8,11-14H2,(H,24,25,29). The van der Waals surface area contributed by atoms with E-state index in [9.17, 15) is 9.59 Å². The smallest absolute Gasteiger partial charge is 0.257 e. The van der Waals surface area contributed by atoms with Crippen LogP contribution in [-0.2, 0) is 11.2 Å². The maximum absolute atomic E-state index is 12.6. The first-order chi connectivity index (χ1) is 14.7. The van der Waals surface area contributed by atoms with Gasteiger partial charge in [-0.05, 0) is 24.6 Å². The average molecular weight is 423 g/mol. The second-order valence-electron chi connectivity index (χ2n) is 6.88. The van der Waals surface area contributed by atoms with Crippen LogP contribution >= 0.6 is 11.3 Å². The molecule has 4 rings (SSSR count). The lowest BCUT2D eigenvalue weighted by molar-refractivity contribution is -0.131. The van der Waals surface area contributed by atoms with E-state index in [0.717, 1.165) is 18.8 Å². The van der Waals surface area contributed by atoms with E-state index in [1.807, 2.05) is 28.5 Å². The minimum Gasteiger partial charge on any atom is -0.339 e. The number of amides is 2. The van der Waals surface area contributed by atoms with Gasteiger partial charge in [-0.15, -0.1) is 11.3 Å². The molecule has 0 radical (unpaired) electrons. The molecule has 1 aliphatic rings. The van der Waals surface area contributed by atoms with Crippen molar-refractivity contribution in [1.82, 2.24) is 19.9 Å². The molecule has 0 unspecified atom stereocenters. The van der Waals surface area contributed by atoms with Crippen LogP contribution in [0.15, 0.2) is 54.2 Å². The van der Waals surface area contributed by atoms with Crippen LogP contribution in [-0.4, -0.2) is 57.8 Å². The Morgan fingerprint density at radius 1 is 1.00 bits per heavy atom. The second-order valence-corrected chi connectivity index (χ2v) is 7.74. The number of rotatable bonds is 6. The SMILES string of the molecule is O=C(Nc1nc(CCC(=O)N2CCN(c3ncccn3)CC2)cs1)c1ccccc1. The summed E-state index contributed by atoms with van der Waals surface area (Å²) in [6.45, 7) is 2.77. The highest BCUT2D eigenvalue weighted by Crippen LogP contribution is 2.18. The summed E-state index contributed by atoms with van der Waals surface area (Å²) in [5.41, 5.74) is 1.40. The summed E-state index contributed by atoms with van der Waals surface area (Å²) < 4.78 is 0. The molecular weight excluding hydrogens is 400 g/mol. The third kappa shape index (κ3) is 4.98. The lowest BCUT2D eigenvalue weighted by Gasteiger charge is -2.34. The van der Waals surface area contributed by atoms with Crippen LogP contribution in [0.4, 0.5) is 11.1 Å². The van der Waals surface area contributed by atoms with Gasteiger partial charge < -0.3 is 9.80 Å². The molecule has 2 aromatic heterocycles. The Morgan fingerprint density at radius 3 is 2.47 bits per heavy atom. The zero-order valence-corrected chi connectivity index (χ0v) is 17.2. The molecule has 154 valence electrons. The lowest BCUT2D eigenvalue weighted by Crippen LogP contribution is -2.49. The van der Waals surface area contributed by atoms with Gasteiger partial charge in [0.25, 0.3) is 5.91 Å². The first kappa shape index (κ1) is 20.0. The fourth-order valence-corrected chi connectivity index (χ4v) is 3.98. The minimum absolute atomic E-state index is 0.117. The summed E-state index contributed by atoms with van der Waals surface area (Å²) in [7, 11) is 0. The Balaban J connectivity index is 1.23. The van der Waals surface area contributed by atoms with Crippen LogP contribution in [0.5, 0.6) is 0 Å². The fraction of sp³-hybridized carbons (Fsp3) is 0.286. The molecule has 1 N–H and O–H groups in total. The van der Waals surface area contributed by atoms with Crippen molar-refractivity contribution >= 4 is 34.2 Å². The van der Waals surface area contributed by atoms with Crippen LogP contribution in [0, 0.1) is 0 Å². The van der Waals surface area contributed by atoms with Gasteiger partial charge >= 0.3 is 0 Å². The predicted octanol–water partition coefficient (Wildman–Crippen LogP) is 2.47. The third-order valence-corrected chi connectivity index (χ3v) is 5.68. The number of nitrogens with zero attached hydrogens (tertiary/aromatic N) is 5. The highest BCUT2D eigenvalue weighted by atomic mass is 32.1. The van der Waals surface area contributed by atoms with E-state index in [1.54, 1.807) is 30.6 Å². The molecule has 0 aliphatic carbocycles. The van der Waals surface area contributed by atoms with Gasteiger partial charge in [0.2, 0.25) is 11.9 Å². The van der Waals surface area contributed by atoms with Crippen LogP contribution in [0.1, 0.15) is 22.5 Å². The maximum atomic E-state index is 12.6. The van der Waals surface area contributed by atoms with Gasteiger partial charge in [0, 0.05) is 55.9 Å². The van der Waals surface area contributed by atoms with Gasteiger partial charge in [0.1, 0.15) is 0 Å². The highest BCUT2D eigenvalue weighted by molar-refractivity contribution is 7.14. The topological polar surface area (TPSA) is 91.3 Å². The number of nitrogens with one attached hydrogen (secondary N) is 1. The lowest BCUT2D eigenvalue weighted by atomic mass is 10.2. The van der Waals surface area contributed by atoms with Crippen molar-refractivity contribution in [3.05, 3.63) is 65.4 Å². The number of thiazole rings is 1. The summed E-state index contributed by atoms with van der Waals surface area (Å²) in [6.07, 6.45) is 4.41. The summed E-state index contributed by atoms with van der Waals surface area (Å²) in [5, 5.41) is 5.24. The van der Waals surface area contributed by atoms with E-state index in [1.165, 1.54) is 11.3 Å². The molecule has 1 aliphatic heterocycles. The van der Waals surface area contributed by atoms with Crippen molar-refractivity contribution in [3.8, 4) is 0 Å². The molecule has 1 aromatic carbocycles. The number of piperazine rings is 1. The van der Waals surface area contributed by atoms with Crippen molar-refractivity contribution in [2.75, 3.05) is 36.4 Å². The molecule has 8 nitrogen and oxygen atoms in total. The van der Waals surface area contributed by atoms with Crippen LogP contribution in [0.3, 0.4) is 0 Å². The van der Waals surface area contributed by atoms with Crippen molar-refractivity contribution in [2.24, 2.45) is 0 Å². The molecule has 3 heterocycles. The molecule has 0 bridgehead atoms. The van der Waals surface area contributed by atoms with Crippen LogP contribution in [0.25, 0.3) is 0 Å². The van der Waals surface area contributed by atoms with Crippen LogP contribution < -0.4 is 10.2 Å². The number of benzene rings is 1. The largest absolute Gasteiger partial charge is 0.339 e. The van der Waals surface area contributed by atoms with Gasteiger partial charge in [0.05, 0.1) is 5.69 Å². The fourth-order valence-electron chi connectivity index (χ4n) is 3.24. The first-order valence-electron chi connectivity index (χ1n) is 9.79. The van der Waals surface area contributed by atoms with Crippen molar-refractivity contribution < 1.29 is 9.59 Å². The Kier molecular flexibility index (Phi) is 6.29. The van der Waals surface area contributed by atoms with Crippen LogP contribution in [0.2, 0.25) is 0 Å². The molecule has 1 fully saturated rings. The van der Waals surface area contributed by atoms with Crippen molar-refractivity contribution in [3.63, 3.8) is 0 Å². The van der Waals surface area contributed by atoms with E-state index < -0.39 is 0 Å². The summed E-state index contributed by atoms with van der Waals surface area (Å²) in [4.78, 5) is 41.7. The normalized spacial score (nSPS) is 13.9. The number of hydrogen-bond acceptors (Lipinski definition) is 7. The van der Waals surface area contributed by atoms with E-state index in [4.69, 9.17) is 0 Å². The number of anilines is 2. The van der Waals surface area contributed by atoms with Gasteiger partial charge in [-0.2, -0.15) is 0 Å². The Morgan fingerprint density at radius 2 is 1.73 bits per heavy atom. The molecule has 30 heavy (non-hydrogen) atoms. The minimum atomic E-state index is -0.187. The van der Waals surface area contributed by atoms with E-state index in [-0.39, 0.29) is 11.8 Å². The molecule has 2 amide bonds. The summed E-state index contributed by atoms with van der Waals surface area (Å²) in [5.74, 6) is 0.636. The third-order valence-electron chi connectivity index (χ3n) is 4.87. The monoisotopic (exact) mass is 422 g/mol. The van der Waals surface area contributed by atoms with E-state index in [2.05, 4.69) is 25.2 Å².